The third-order valence-corrected chi connectivity index (χ3v) is 3.27. The van der Waals surface area contributed by atoms with Gasteiger partial charge in [-0.05, 0) is 12.1 Å². The van der Waals surface area contributed by atoms with Crippen LogP contribution in [-0.4, -0.2) is 21.3 Å². The van der Waals surface area contributed by atoms with Gasteiger partial charge < -0.3 is 38.2 Å². The van der Waals surface area contributed by atoms with Crippen molar-refractivity contribution in [2.45, 2.75) is 0 Å². The van der Waals surface area contributed by atoms with E-state index in [1.54, 1.807) is 21.3 Å². The third kappa shape index (κ3) is 4.13. The first-order valence-corrected chi connectivity index (χ1v) is 6.62. The lowest BCUT2D eigenvalue weighted by Gasteiger charge is -2.12. The van der Waals surface area contributed by atoms with Crippen molar-refractivity contribution in [2.75, 3.05) is 21.3 Å². The summed E-state index contributed by atoms with van der Waals surface area (Å²) in [7, 11) is 6.89. The molecule has 0 amide bonds. The summed E-state index contributed by atoms with van der Waals surface area (Å²) in [5.41, 5.74) is 1.96. The maximum absolute atomic E-state index is 5.43. The molecule has 1 heterocycles. The number of aryl methyl sites for hydroxylation is 1. The van der Waals surface area contributed by atoms with Crippen LogP contribution in [0.25, 0.3) is 12.2 Å². The van der Waals surface area contributed by atoms with E-state index < -0.39 is 0 Å². The van der Waals surface area contributed by atoms with Crippen LogP contribution in [0.4, 0.5) is 0 Å². The van der Waals surface area contributed by atoms with E-state index in [-0.39, 0.29) is 24.0 Å². The first-order valence-electron chi connectivity index (χ1n) is 6.62. The Morgan fingerprint density at radius 3 is 2.05 bits per heavy atom. The first kappa shape index (κ1) is 18.3. The summed E-state index contributed by atoms with van der Waals surface area (Å²) in [6.07, 6.45) is 6.00. The van der Waals surface area contributed by atoms with Gasteiger partial charge in [-0.15, -0.1) is 0 Å². The van der Waals surface area contributed by atoms with Gasteiger partial charge in [0.25, 0.3) is 0 Å². The van der Waals surface area contributed by atoms with Crippen molar-refractivity contribution >= 4 is 12.2 Å². The van der Waals surface area contributed by atoms with E-state index in [2.05, 4.69) is 0 Å². The minimum absolute atomic E-state index is 0. The molecule has 2 aromatic rings. The molecule has 0 spiro atoms. The average Bonchev–Trinajstić information content (AvgIpc) is 2.53. The minimum atomic E-state index is 0. The smallest absolute Gasteiger partial charge is 0.204 e. The van der Waals surface area contributed by atoms with E-state index in [0.717, 1.165) is 11.3 Å². The summed E-state index contributed by atoms with van der Waals surface area (Å²) in [6, 6.07) is 9.72. The molecule has 1 aromatic carbocycles. The first-order chi connectivity index (χ1) is 10.2. The Morgan fingerprint density at radius 1 is 0.909 bits per heavy atom. The van der Waals surface area contributed by atoms with Gasteiger partial charge >= 0.3 is 0 Å². The van der Waals surface area contributed by atoms with Gasteiger partial charge in [-0.2, -0.15) is 0 Å². The fourth-order valence-electron chi connectivity index (χ4n) is 2.08. The van der Waals surface area contributed by atoms with Gasteiger partial charge in [0.1, 0.15) is 24.3 Å². The molecule has 0 fully saturated rings. The van der Waals surface area contributed by atoms with Crippen molar-refractivity contribution < 1.29 is 42.8 Å². The predicted octanol–water partition coefficient (Wildman–Crippen LogP) is -0.289. The highest BCUT2D eigenvalue weighted by atomic mass is 127. The molecule has 0 aliphatic heterocycles. The Balaban J connectivity index is 0.00000242. The van der Waals surface area contributed by atoms with Gasteiger partial charge in [-0.3, -0.25) is 0 Å². The number of benzene rings is 1. The second-order valence-electron chi connectivity index (χ2n) is 4.52. The topological polar surface area (TPSA) is 31.6 Å². The molecule has 5 heteroatoms. The molecule has 0 saturated carbocycles. The summed E-state index contributed by atoms with van der Waals surface area (Å²) in [6.45, 7) is 0. The fourth-order valence-corrected chi connectivity index (χ4v) is 2.08. The third-order valence-electron chi connectivity index (χ3n) is 3.27. The molecule has 0 aliphatic rings. The second kappa shape index (κ2) is 8.63. The fraction of sp³-hybridized carbons (Fsp3) is 0.235. The summed E-state index contributed by atoms with van der Waals surface area (Å²) >= 11 is 0. The number of hydrogen-bond acceptors (Lipinski definition) is 3. The average molecular weight is 413 g/mol. The molecule has 118 valence electrons. The largest absolute Gasteiger partial charge is 1.00 e. The van der Waals surface area contributed by atoms with E-state index >= 15 is 0 Å². The van der Waals surface area contributed by atoms with E-state index in [9.17, 15) is 0 Å². The monoisotopic (exact) mass is 413 g/mol. The second-order valence-corrected chi connectivity index (χ2v) is 4.52. The molecule has 0 atom stereocenters. The summed E-state index contributed by atoms with van der Waals surface area (Å²) in [5.74, 6) is 2.12. The van der Waals surface area contributed by atoms with Crippen LogP contribution in [0.3, 0.4) is 0 Å². The van der Waals surface area contributed by atoms with Gasteiger partial charge in [0.05, 0.1) is 26.9 Å². The molecule has 0 aliphatic carbocycles. The Morgan fingerprint density at radius 2 is 1.55 bits per heavy atom. The predicted molar refractivity (Wildman–Crippen MR) is 82.6 cm³/mol. The number of halogens is 1. The van der Waals surface area contributed by atoms with Crippen LogP contribution in [0.2, 0.25) is 0 Å². The zero-order chi connectivity index (χ0) is 15.2. The molecule has 0 radical (unpaired) electrons. The van der Waals surface area contributed by atoms with Crippen molar-refractivity contribution in [2.24, 2.45) is 7.05 Å². The summed E-state index contributed by atoms with van der Waals surface area (Å²) in [4.78, 5) is 0. The Hall–Kier alpha value is -1.76. The molecule has 1 aromatic heterocycles. The quantitative estimate of drug-likeness (QED) is 0.499. The molecule has 4 nitrogen and oxygen atoms in total. The van der Waals surface area contributed by atoms with Crippen molar-refractivity contribution in [1.29, 1.82) is 0 Å². The molecule has 22 heavy (non-hydrogen) atoms. The molecule has 2 rings (SSSR count). The highest BCUT2D eigenvalue weighted by Gasteiger charge is 2.11. The molecular formula is C17H20INO3. The number of hydrogen-bond donors (Lipinski definition) is 0. The molecule has 0 unspecified atom stereocenters. The van der Waals surface area contributed by atoms with E-state index in [0.29, 0.717) is 17.2 Å². The van der Waals surface area contributed by atoms with E-state index in [1.807, 2.05) is 60.3 Å². The Labute approximate surface area is 148 Å². The Bertz CT molecular complexity index is 631. The highest BCUT2D eigenvalue weighted by molar-refractivity contribution is 5.75. The lowest BCUT2D eigenvalue weighted by atomic mass is 10.1. The standard InChI is InChI=1S/C17H20NO3.HI/c1-18-10-6-5-7-13(18)8-9-15-16(20-3)11-14(19-2)12-17(15)21-4;/h5-12H,1-4H3;1H/q+1;/p-1/b9-8+;. The van der Waals surface area contributed by atoms with E-state index in [4.69, 9.17) is 14.2 Å². The number of nitrogens with zero attached hydrogens (tertiary/aromatic N) is 1. The van der Waals surface area contributed by atoms with Crippen molar-refractivity contribution in [3.05, 3.63) is 47.8 Å². The minimum Gasteiger partial charge on any atom is -1.00 e. The van der Waals surface area contributed by atoms with Crippen LogP contribution in [0.15, 0.2) is 36.5 Å². The van der Waals surface area contributed by atoms with Crippen molar-refractivity contribution in [1.82, 2.24) is 0 Å². The van der Waals surface area contributed by atoms with E-state index in [1.165, 1.54) is 0 Å². The van der Waals surface area contributed by atoms with Crippen LogP contribution >= 0.6 is 0 Å². The van der Waals surface area contributed by atoms with Gasteiger partial charge in [0.15, 0.2) is 6.20 Å². The number of aromatic nitrogens is 1. The number of methoxy groups -OCH3 is 3. The molecule has 0 bridgehead atoms. The number of rotatable bonds is 5. The van der Waals surface area contributed by atoms with Crippen LogP contribution in [0, 0.1) is 0 Å². The van der Waals surface area contributed by atoms with Crippen LogP contribution < -0.4 is 42.8 Å². The SMILES string of the molecule is COc1cc(OC)c(/C=C/c2cccc[n+]2C)c(OC)c1.[I-]. The number of pyridine rings is 1. The molecule has 0 saturated heterocycles. The zero-order valence-electron chi connectivity index (χ0n) is 13.2. The lowest BCUT2D eigenvalue weighted by molar-refractivity contribution is -0.673. The van der Waals surface area contributed by atoms with Gasteiger partial charge in [0, 0.05) is 30.3 Å². The van der Waals surface area contributed by atoms with Crippen LogP contribution in [-0.2, 0) is 7.05 Å². The van der Waals surface area contributed by atoms with Gasteiger partial charge in [-0.25, -0.2) is 4.57 Å². The van der Waals surface area contributed by atoms with Gasteiger partial charge in [0.2, 0.25) is 5.69 Å². The summed E-state index contributed by atoms with van der Waals surface area (Å²) < 4.78 is 18.2. The number of ether oxygens (including phenoxy) is 3. The maximum Gasteiger partial charge on any atom is 0.204 e. The van der Waals surface area contributed by atoms with Gasteiger partial charge in [-0.1, -0.05) is 0 Å². The Kier molecular flexibility index (Phi) is 7.17. The zero-order valence-corrected chi connectivity index (χ0v) is 15.3. The van der Waals surface area contributed by atoms with Crippen molar-refractivity contribution in [3.63, 3.8) is 0 Å². The molecule has 0 N–H and O–H groups in total. The van der Waals surface area contributed by atoms with Crippen molar-refractivity contribution in [3.8, 4) is 17.2 Å². The maximum atomic E-state index is 5.43. The van der Waals surface area contributed by atoms with Crippen LogP contribution in [0.1, 0.15) is 11.3 Å². The summed E-state index contributed by atoms with van der Waals surface area (Å²) in [5, 5.41) is 0. The molecular weight excluding hydrogens is 393 g/mol. The lowest BCUT2D eigenvalue weighted by Crippen LogP contribution is -3.00. The highest BCUT2D eigenvalue weighted by Crippen LogP contribution is 2.35. The normalized spacial score (nSPS) is 10.2. The van der Waals surface area contributed by atoms with Crippen LogP contribution in [0.5, 0.6) is 17.2 Å².